The van der Waals surface area contributed by atoms with Gasteiger partial charge in [-0.3, -0.25) is 33.6 Å². The molecule has 4 aromatic rings. The molecule has 4 heterocycles. The molecule has 7 amide bonds. The van der Waals surface area contributed by atoms with Crippen LogP contribution in [0, 0.1) is 0 Å². The van der Waals surface area contributed by atoms with Crippen LogP contribution in [0.1, 0.15) is 114 Å². The second-order valence-corrected chi connectivity index (χ2v) is 18.4. The van der Waals surface area contributed by atoms with E-state index in [4.69, 9.17) is 5.73 Å². The predicted octanol–water partition coefficient (Wildman–Crippen LogP) is 1.68. The second kappa shape index (κ2) is 20.3. The van der Waals surface area contributed by atoms with E-state index in [1.807, 2.05) is 41.5 Å². The highest BCUT2D eigenvalue weighted by Crippen LogP contribution is 2.31. The van der Waals surface area contributed by atoms with Gasteiger partial charge >= 0.3 is 0 Å². The van der Waals surface area contributed by atoms with Gasteiger partial charge in [-0.25, -0.2) is 15.0 Å². The molecule has 0 unspecified atom stereocenters. The van der Waals surface area contributed by atoms with Gasteiger partial charge in [-0.15, -0.1) is 0 Å². The first-order chi connectivity index (χ1) is 30.5. The molecule has 1 aliphatic heterocycles. The van der Waals surface area contributed by atoms with Crippen molar-refractivity contribution in [1.82, 2.24) is 60.6 Å². The quantitative estimate of drug-likeness (QED) is 0.102. The molecule has 20 heteroatoms. The largest absolute Gasteiger partial charge is 0.366 e. The molecule has 65 heavy (non-hydrogen) atoms. The number of primary amides is 1. The summed E-state index contributed by atoms with van der Waals surface area (Å²) in [6.07, 6.45) is 9.76. The number of hydrogen-bond donors (Lipinski definition) is 7. The van der Waals surface area contributed by atoms with Crippen LogP contribution in [0.3, 0.4) is 0 Å². The highest BCUT2D eigenvalue weighted by Gasteiger charge is 2.44. The van der Waals surface area contributed by atoms with Crippen LogP contribution in [-0.2, 0) is 58.1 Å². The van der Waals surface area contributed by atoms with Crippen LogP contribution in [0.4, 0.5) is 0 Å². The maximum atomic E-state index is 15.0. The number of rotatable bonds is 13. The third kappa shape index (κ3) is 11.6. The standard InChI is InChI=1S/C45H63N13O7/c1-27(59)53-36(43(4,5)33-19-47-24-50-33)40(63)56-12-10-14-57(41(64)37(54-28(2)60)44(6,7)34-20-48-25-51-34)22-30-16-31(18-32(17-30)39(46)62)23-58(15-11-13-56)42(65)38(55-29(3)61)45(8,9)35-21-49-26-52-35/h16-21,24-26,36-38H,10-15,22-23H2,1-9H3,(H2,46,62)(H,47,50)(H,48,51)(H,49,52)(H,53,59)(H,54,60)(H,55,61)/t36-,37-,38-/m1/s1. The van der Waals surface area contributed by atoms with Crippen molar-refractivity contribution in [1.29, 1.82) is 0 Å². The van der Waals surface area contributed by atoms with Crippen LogP contribution in [-0.4, -0.2) is 130 Å². The predicted molar refractivity (Wildman–Crippen MR) is 239 cm³/mol. The van der Waals surface area contributed by atoms with Gasteiger partial charge in [0.2, 0.25) is 41.4 Å². The zero-order chi connectivity index (χ0) is 47.9. The Balaban J connectivity index is 1.64. The first-order valence-corrected chi connectivity index (χ1v) is 21.6. The van der Waals surface area contributed by atoms with E-state index in [-0.39, 0.29) is 57.7 Å². The molecular formula is C45H63N13O7. The molecule has 0 saturated heterocycles. The Labute approximate surface area is 378 Å². The maximum Gasteiger partial charge on any atom is 0.248 e. The zero-order valence-electron chi connectivity index (χ0n) is 38.7. The number of fused-ring (bicyclic) bond motifs is 2. The summed E-state index contributed by atoms with van der Waals surface area (Å²) in [7, 11) is 0. The van der Waals surface area contributed by atoms with Gasteiger partial charge in [0, 0.05) is 118 Å². The number of carbonyl (C=O) groups excluding carboxylic acids is 7. The number of H-pyrrole nitrogens is 3. The average Bonchev–Trinajstić information content (AvgIpc) is 4.07. The number of nitrogens with two attached hydrogens (primary N) is 1. The van der Waals surface area contributed by atoms with Gasteiger partial charge < -0.3 is 51.3 Å². The molecule has 2 bridgehead atoms. The minimum atomic E-state index is -1.09. The molecule has 0 spiro atoms. The summed E-state index contributed by atoms with van der Waals surface area (Å²) in [5, 5.41) is 8.58. The van der Waals surface area contributed by atoms with Gasteiger partial charge in [0.1, 0.15) is 18.1 Å². The Morgan fingerprint density at radius 3 is 1.12 bits per heavy atom. The Morgan fingerprint density at radius 2 is 0.846 bits per heavy atom. The molecule has 20 nitrogen and oxygen atoms in total. The summed E-state index contributed by atoms with van der Waals surface area (Å²) in [6, 6.07) is 1.74. The van der Waals surface area contributed by atoms with E-state index in [1.165, 1.54) is 39.8 Å². The molecule has 5 rings (SSSR count). The Kier molecular flexibility index (Phi) is 15.4. The average molecular weight is 898 g/mol. The molecule has 3 aromatic heterocycles. The minimum Gasteiger partial charge on any atom is -0.366 e. The van der Waals surface area contributed by atoms with Gasteiger partial charge in [0.15, 0.2) is 0 Å². The van der Waals surface area contributed by atoms with E-state index >= 15 is 0 Å². The van der Waals surface area contributed by atoms with Gasteiger partial charge in [-0.05, 0) is 36.1 Å². The van der Waals surface area contributed by atoms with Crippen molar-refractivity contribution in [2.24, 2.45) is 5.73 Å². The number of aromatic nitrogens is 6. The monoisotopic (exact) mass is 897 g/mol. The molecule has 0 aliphatic carbocycles. The van der Waals surface area contributed by atoms with Crippen LogP contribution in [0.15, 0.2) is 55.8 Å². The normalized spacial score (nSPS) is 15.8. The first kappa shape index (κ1) is 49.2. The molecule has 0 radical (unpaired) electrons. The summed E-state index contributed by atoms with van der Waals surface area (Å²) in [6.45, 7) is 15.2. The van der Waals surface area contributed by atoms with Crippen LogP contribution in [0.2, 0.25) is 0 Å². The third-order valence-corrected chi connectivity index (χ3v) is 12.3. The lowest BCUT2D eigenvalue weighted by Gasteiger charge is -2.39. The number of nitrogens with one attached hydrogen (secondary N) is 6. The van der Waals surface area contributed by atoms with Crippen LogP contribution in [0.5, 0.6) is 0 Å². The van der Waals surface area contributed by atoms with E-state index in [0.717, 1.165) is 0 Å². The number of imidazole rings is 3. The molecule has 0 fully saturated rings. The van der Waals surface area contributed by atoms with E-state index in [1.54, 1.807) is 51.5 Å². The topological polar surface area (TPSA) is 277 Å². The van der Waals surface area contributed by atoms with E-state index in [2.05, 4.69) is 45.9 Å². The number of amides is 7. The van der Waals surface area contributed by atoms with E-state index in [0.29, 0.717) is 28.2 Å². The number of benzene rings is 1. The molecular weight excluding hydrogens is 835 g/mol. The van der Waals surface area contributed by atoms with Crippen molar-refractivity contribution in [3.8, 4) is 0 Å². The van der Waals surface area contributed by atoms with Crippen molar-refractivity contribution < 1.29 is 33.6 Å². The minimum absolute atomic E-state index is 0.0489. The van der Waals surface area contributed by atoms with Crippen LogP contribution < -0.4 is 21.7 Å². The lowest BCUT2D eigenvalue weighted by atomic mass is 9.80. The van der Waals surface area contributed by atoms with Gasteiger partial charge in [0.05, 0.1) is 19.0 Å². The highest BCUT2D eigenvalue weighted by molar-refractivity contribution is 5.94. The summed E-state index contributed by atoms with van der Waals surface area (Å²) in [4.78, 5) is 122. The SMILES string of the molecule is CC(=O)N[C@H](C(=O)N1CCCN(C(=O)[C@@H](NC(C)=O)C(C)(C)c2cnc[nH]2)Cc2cc(cc(C(N)=O)c2)CN(C(=O)[C@@H](NC(C)=O)C(C)(C)c2cnc[nH]2)CCC1)C(C)(C)c1cnc[nH]1. The Bertz CT molecular complexity index is 2210. The molecule has 3 atom stereocenters. The summed E-state index contributed by atoms with van der Waals surface area (Å²) in [5.74, 6) is -3.29. The summed E-state index contributed by atoms with van der Waals surface area (Å²) >= 11 is 0. The molecule has 0 saturated carbocycles. The van der Waals surface area contributed by atoms with E-state index in [9.17, 15) is 33.6 Å². The lowest BCUT2D eigenvalue weighted by Crippen LogP contribution is -2.58. The Hall–Kier alpha value is -6.86. The lowest BCUT2D eigenvalue weighted by molar-refractivity contribution is -0.140. The molecule has 1 aliphatic rings. The third-order valence-electron chi connectivity index (χ3n) is 12.3. The van der Waals surface area contributed by atoms with Crippen LogP contribution >= 0.6 is 0 Å². The summed E-state index contributed by atoms with van der Waals surface area (Å²) in [5.41, 5.74) is 5.96. The summed E-state index contributed by atoms with van der Waals surface area (Å²) < 4.78 is 0. The van der Waals surface area contributed by atoms with Gasteiger partial charge in [0.25, 0.3) is 0 Å². The molecule has 350 valence electrons. The van der Waals surface area contributed by atoms with Crippen molar-refractivity contribution >= 4 is 41.4 Å². The number of nitrogens with zero attached hydrogens (tertiary/aromatic N) is 6. The zero-order valence-corrected chi connectivity index (χ0v) is 38.7. The Morgan fingerprint density at radius 1 is 0.538 bits per heavy atom. The second-order valence-electron chi connectivity index (χ2n) is 18.4. The van der Waals surface area contributed by atoms with Crippen molar-refractivity contribution in [2.75, 3.05) is 26.2 Å². The first-order valence-electron chi connectivity index (χ1n) is 21.6. The number of hydrogen-bond acceptors (Lipinski definition) is 10. The number of aromatic amines is 3. The van der Waals surface area contributed by atoms with E-state index < -0.39 is 75.7 Å². The fraction of sp³-hybridized carbons (Fsp3) is 0.511. The molecule has 1 aromatic carbocycles. The van der Waals surface area contributed by atoms with Gasteiger partial charge in [-0.1, -0.05) is 47.6 Å². The van der Waals surface area contributed by atoms with Crippen molar-refractivity contribution in [3.05, 3.63) is 89.5 Å². The van der Waals surface area contributed by atoms with Crippen molar-refractivity contribution in [3.63, 3.8) is 0 Å². The smallest absolute Gasteiger partial charge is 0.248 e. The maximum absolute atomic E-state index is 15.0. The fourth-order valence-electron chi connectivity index (χ4n) is 8.40. The van der Waals surface area contributed by atoms with Crippen LogP contribution in [0.25, 0.3) is 0 Å². The molecule has 8 N–H and O–H groups in total. The fourth-order valence-corrected chi connectivity index (χ4v) is 8.40. The highest BCUT2D eigenvalue weighted by atomic mass is 16.2. The van der Waals surface area contributed by atoms with Crippen molar-refractivity contribution in [2.45, 2.75) is 123 Å². The van der Waals surface area contributed by atoms with Gasteiger partial charge in [-0.2, -0.15) is 0 Å². The number of carbonyl (C=O) groups is 7.